The van der Waals surface area contributed by atoms with Gasteiger partial charge in [0.1, 0.15) is 23.4 Å². The highest BCUT2D eigenvalue weighted by Crippen LogP contribution is 2.45. The Morgan fingerprint density at radius 2 is 1.87 bits per heavy atom. The second-order valence-electron chi connectivity index (χ2n) is 10.5. The minimum Gasteiger partial charge on any atom is -0.492 e. The van der Waals surface area contributed by atoms with E-state index in [9.17, 15) is 9.90 Å². The van der Waals surface area contributed by atoms with E-state index in [2.05, 4.69) is 32.0 Å². The largest absolute Gasteiger partial charge is 0.492 e. The zero-order valence-electron chi connectivity index (χ0n) is 22.9. The number of methoxy groups -OCH3 is 1. The van der Waals surface area contributed by atoms with Gasteiger partial charge >= 0.3 is 5.97 Å². The lowest BCUT2D eigenvalue weighted by atomic mass is 9.90. The molecule has 39 heavy (non-hydrogen) atoms. The van der Waals surface area contributed by atoms with E-state index in [1.54, 1.807) is 0 Å². The fraction of sp³-hybridized carbons (Fsp3) is 0.406. The van der Waals surface area contributed by atoms with Crippen molar-refractivity contribution < 1.29 is 28.8 Å². The molecule has 0 bridgehead atoms. The first-order chi connectivity index (χ1) is 18.8. The summed E-state index contributed by atoms with van der Waals surface area (Å²) in [6, 6.07) is 14.1. The van der Waals surface area contributed by atoms with Crippen LogP contribution in [0, 0.1) is 13.8 Å². The summed E-state index contributed by atoms with van der Waals surface area (Å²) in [4.78, 5) is 11.7. The molecule has 2 aliphatic rings. The van der Waals surface area contributed by atoms with Crippen LogP contribution < -0.4 is 14.2 Å². The Morgan fingerprint density at radius 1 is 1.10 bits per heavy atom. The molecule has 6 nitrogen and oxygen atoms in total. The SMILES string of the molecule is COC(=O)CC1COc2cc(OC3CCc4c(-c5c(C)cc(OC(C)CCO)cc5C)cc(Cl)cc43)ccc21. The Labute approximate surface area is 234 Å². The van der Waals surface area contributed by atoms with Crippen molar-refractivity contribution in [2.24, 2.45) is 0 Å². The van der Waals surface area contributed by atoms with E-state index < -0.39 is 0 Å². The highest BCUT2D eigenvalue weighted by molar-refractivity contribution is 6.31. The third-order valence-electron chi connectivity index (χ3n) is 7.68. The number of aliphatic hydroxyl groups excluding tert-OH is 1. The van der Waals surface area contributed by atoms with Crippen molar-refractivity contribution in [1.29, 1.82) is 0 Å². The fourth-order valence-corrected chi connectivity index (χ4v) is 6.06. The van der Waals surface area contributed by atoms with Crippen LogP contribution in [0.15, 0.2) is 42.5 Å². The summed E-state index contributed by atoms with van der Waals surface area (Å²) in [5.41, 5.74) is 7.91. The second kappa shape index (κ2) is 11.5. The molecule has 0 spiro atoms. The van der Waals surface area contributed by atoms with Crippen LogP contribution in [0.25, 0.3) is 11.1 Å². The van der Waals surface area contributed by atoms with Gasteiger partial charge in [0.15, 0.2) is 0 Å². The maximum atomic E-state index is 11.7. The van der Waals surface area contributed by atoms with Gasteiger partial charge in [-0.2, -0.15) is 0 Å². The lowest BCUT2D eigenvalue weighted by molar-refractivity contribution is -0.141. The van der Waals surface area contributed by atoms with Crippen LogP contribution in [0.2, 0.25) is 5.02 Å². The minimum absolute atomic E-state index is 0.00349. The van der Waals surface area contributed by atoms with Gasteiger partial charge in [-0.15, -0.1) is 0 Å². The number of benzene rings is 3. The zero-order valence-corrected chi connectivity index (χ0v) is 23.6. The Balaban J connectivity index is 1.39. The van der Waals surface area contributed by atoms with Gasteiger partial charge in [0.05, 0.1) is 26.2 Å². The molecule has 1 aliphatic heterocycles. The Hall–Kier alpha value is -3.22. The molecule has 7 heteroatoms. The van der Waals surface area contributed by atoms with Crippen molar-refractivity contribution in [3.63, 3.8) is 0 Å². The average molecular weight is 551 g/mol. The summed E-state index contributed by atoms with van der Waals surface area (Å²) in [5.74, 6) is 2.06. The highest BCUT2D eigenvalue weighted by atomic mass is 35.5. The molecule has 0 saturated heterocycles. The van der Waals surface area contributed by atoms with E-state index in [1.807, 2.05) is 31.2 Å². The molecule has 5 rings (SSSR count). The number of aliphatic hydroxyl groups is 1. The van der Waals surface area contributed by atoms with Crippen LogP contribution in [-0.2, 0) is 16.0 Å². The van der Waals surface area contributed by atoms with Crippen LogP contribution in [0.1, 0.15) is 66.0 Å². The maximum Gasteiger partial charge on any atom is 0.306 e. The van der Waals surface area contributed by atoms with Crippen LogP contribution in [0.5, 0.6) is 17.2 Å². The molecule has 3 aromatic carbocycles. The predicted octanol–water partition coefficient (Wildman–Crippen LogP) is 6.88. The smallest absolute Gasteiger partial charge is 0.306 e. The van der Waals surface area contributed by atoms with Gasteiger partial charge in [-0.05, 0) is 97.3 Å². The Morgan fingerprint density at radius 3 is 2.59 bits per heavy atom. The monoisotopic (exact) mass is 550 g/mol. The lowest BCUT2D eigenvalue weighted by Crippen LogP contribution is -2.13. The van der Waals surface area contributed by atoms with Crippen LogP contribution in [0.4, 0.5) is 0 Å². The third-order valence-corrected chi connectivity index (χ3v) is 7.90. The van der Waals surface area contributed by atoms with Crippen molar-refractivity contribution >= 4 is 17.6 Å². The maximum absolute atomic E-state index is 11.7. The molecule has 3 atom stereocenters. The topological polar surface area (TPSA) is 74.2 Å². The molecule has 1 N–H and O–H groups in total. The van der Waals surface area contributed by atoms with Gasteiger partial charge in [0.2, 0.25) is 0 Å². The fourth-order valence-electron chi connectivity index (χ4n) is 5.84. The summed E-state index contributed by atoms with van der Waals surface area (Å²) < 4.78 is 23.2. The first-order valence-electron chi connectivity index (χ1n) is 13.5. The Kier molecular flexibility index (Phi) is 8.06. The summed E-state index contributed by atoms with van der Waals surface area (Å²) in [5, 5.41) is 9.89. The minimum atomic E-state index is -0.240. The number of rotatable bonds is 9. The number of fused-ring (bicyclic) bond motifs is 2. The quantitative estimate of drug-likeness (QED) is 0.293. The van der Waals surface area contributed by atoms with Gasteiger partial charge < -0.3 is 24.1 Å². The first-order valence-corrected chi connectivity index (χ1v) is 13.9. The average Bonchev–Trinajstić information content (AvgIpc) is 3.47. The molecule has 0 amide bonds. The van der Waals surface area contributed by atoms with Gasteiger partial charge in [-0.3, -0.25) is 4.79 Å². The van der Waals surface area contributed by atoms with Gasteiger partial charge in [-0.25, -0.2) is 0 Å². The standard InChI is InChI=1S/C32H35ClO6/c1-18-11-24(38-20(3)9-10-34)12-19(2)32(18)28-15-22(33)14-27-26(28)7-8-29(27)39-23-5-6-25-21(13-31(35)36-4)17-37-30(25)16-23/h5-6,11-12,14-16,20-21,29,34H,7-10,13,17H2,1-4H3. The second-order valence-corrected chi connectivity index (χ2v) is 11.0. The molecular weight excluding hydrogens is 516 g/mol. The summed E-state index contributed by atoms with van der Waals surface area (Å²) >= 11 is 6.67. The van der Waals surface area contributed by atoms with E-state index in [0.29, 0.717) is 24.5 Å². The molecule has 3 aromatic rings. The number of aryl methyl sites for hydroxylation is 2. The van der Waals surface area contributed by atoms with E-state index >= 15 is 0 Å². The number of carbonyl (C=O) groups excluding carboxylic acids is 1. The van der Waals surface area contributed by atoms with Crippen LogP contribution in [0.3, 0.4) is 0 Å². The van der Waals surface area contributed by atoms with E-state index in [-0.39, 0.29) is 30.7 Å². The Bertz CT molecular complexity index is 1360. The lowest BCUT2D eigenvalue weighted by Gasteiger charge is -2.20. The van der Waals surface area contributed by atoms with Crippen LogP contribution >= 0.6 is 11.6 Å². The number of hydrogen-bond acceptors (Lipinski definition) is 6. The molecular formula is C32H35ClO6. The van der Waals surface area contributed by atoms with Crippen molar-refractivity contribution in [3.05, 3.63) is 75.3 Å². The number of carbonyl (C=O) groups is 1. The van der Waals surface area contributed by atoms with Crippen molar-refractivity contribution in [1.82, 2.24) is 0 Å². The van der Waals surface area contributed by atoms with E-state index in [1.165, 1.54) is 18.2 Å². The van der Waals surface area contributed by atoms with Gasteiger partial charge in [0.25, 0.3) is 0 Å². The van der Waals surface area contributed by atoms with Crippen molar-refractivity contribution in [2.75, 3.05) is 20.3 Å². The number of esters is 1. The molecule has 1 aliphatic carbocycles. The number of halogens is 1. The zero-order chi connectivity index (χ0) is 27.7. The van der Waals surface area contributed by atoms with Crippen LogP contribution in [-0.4, -0.2) is 37.5 Å². The summed E-state index contributed by atoms with van der Waals surface area (Å²) in [6.45, 7) is 6.72. The number of ether oxygens (including phenoxy) is 4. The van der Waals surface area contributed by atoms with Crippen molar-refractivity contribution in [2.45, 2.75) is 64.6 Å². The highest BCUT2D eigenvalue weighted by Gasteiger charge is 2.31. The molecule has 3 unspecified atom stereocenters. The molecule has 206 valence electrons. The molecule has 0 radical (unpaired) electrons. The molecule has 0 fully saturated rings. The van der Waals surface area contributed by atoms with Crippen molar-refractivity contribution in [3.8, 4) is 28.4 Å². The third kappa shape index (κ3) is 5.73. The van der Waals surface area contributed by atoms with E-state index in [4.69, 9.17) is 30.5 Å². The van der Waals surface area contributed by atoms with Gasteiger partial charge in [0, 0.05) is 35.6 Å². The molecule has 1 heterocycles. The van der Waals surface area contributed by atoms with Gasteiger partial charge in [-0.1, -0.05) is 17.7 Å². The van der Waals surface area contributed by atoms with E-state index in [0.717, 1.165) is 57.9 Å². The molecule has 0 saturated carbocycles. The molecule has 0 aromatic heterocycles. The number of hydrogen-bond donors (Lipinski definition) is 1. The summed E-state index contributed by atoms with van der Waals surface area (Å²) in [6.07, 6.45) is 2.45. The first kappa shape index (κ1) is 27.4. The summed E-state index contributed by atoms with van der Waals surface area (Å²) in [7, 11) is 1.40. The predicted molar refractivity (Wildman–Crippen MR) is 151 cm³/mol. The normalized spacial score (nSPS) is 18.2.